The highest BCUT2D eigenvalue weighted by atomic mass is 32.1. The molecule has 5 rings (SSSR count). The Balaban J connectivity index is 1.58. The van der Waals surface area contributed by atoms with Gasteiger partial charge in [0.2, 0.25) is 5.88 Å². The van der Waals surface area contributed by atoms with E-state index in [0.717, 1.165) is 67.6 Å². The van der Waals surface area contributed by atoms with E-state index in [-0.39, 0.29) is 0 Å². The van der Waals surface area contributed by atoms with Crippen LogP contribution in [0.3, 0.4) is 0 Å². The van der Waals surface area contributed by atoms with E-state index >= 15 is 0 Å². The molecule has 1 aliphatic heterocycles. The predicted octanol–water partition coefficient (Wildman–Crippen LogP) is 3.03. The van der Waals surface area contributed by atoms with Gasteiger partial charge in [0.05, 0.1) is 25.7 Å². The fourth-order valence-corrected chi connectivity index (χ4v) is 5.76. The second-order valence-electron chi connectivity index (χ2n) is 8.27. The second-order valence-corrected chi connectivity index (χ2v) is 9.35. The number of para-hydroxylation sites is 2. The van der Waals surface area contributed by atoms with Crippen LogP contribution >= 0.6 is 11.3 Å². The molecule has 0 unspecified atom stereocenters. The first kappa shape index (κ1) is 19.7. The van der Waals surface area contributed by atoms with Crippen LogP contribution in [-0.2, 0) is 24.1 Å². The molecule has 0 amide bonds. The first-order chi connectivity index (χ1) is 14.7. The number of methoxy groups -OCH3 is 1. The lowest BCUT2D eigenvalue weighted by Gasteiger charge is -2.23. The number of nitrogens with one attached hydrogen (secondary N) is 1. The van der Waals surface area contributed by atoms with Gasteiger partial charge in [0, 0.05) is 4.88 Å². The van der Waals surface area contributed by atoms with Gasteiger partial charge in [-0.2, -0.15) is 4.98 Å². The van der Waals surface area contributed by atoms with Crippen LogP contribution in [0.4, 0.5) is 0 Å². The smallest absolute Gasteiger partial charge is 0.232 e. The van der Waals surface area contributed by atoms with Crippen molar-refractivity contribution in [1.82, 2.24) is 9.97 Å². The maximum Gasteiger partial charge on any atom is 0.232 e. The molecule has 1 atom stereocenters. The zero-order valence-electron chi connectivity index (χ0n) is 17.6. The van der Waals surface area contributed by atoms with Gasteiger partial charge in [0.1, 0.15) is 24.5 Å². The Hall–Kier alpha value is -2.22. The quantitative estimate of drug-likeness (QED) is 0.680. The van der Waals surface area contributed by atoms with E-state index in [2.05, 4.69) is 6.92 Å². The lowest BCUT2D eigenvalue weighted by Crippen LogP contribution is -3.12. The van der Waals surface area contributed by atoms with Crippen LogP contribution in [0, 0.1) is 5.92 Å². The van der Waals surface area contributed by atoms with Crippen LogP contribution in [0.2, 0.25) is 0 Å². The molecule has 1 N–H and O–H groups in total. The summed E-state index contributed by atoms with van der Waals surface area (Å²) in [5, 5.41) is 1.09. The van der Waals surface area contributed by atoms with E-state index in [0.29, 0.717) is 17.4 Å². The highest BCUT2D eigenvalue weighted by Gasteiger charge is 2.26. The summed E-state index contributed by atoms with van der Waals surface area (Å²) >= 11 is 1.82. The second kappa shape index (κ2) is 8.49. The first-order valence-corrected chi connectivity index (χ1v) is 11.6. The van der Waals surface area contributed by atoms with Crippen LogP contribution in [0.5, 0.6) is 17.4 Å². The summed E-state index contributed by atoms with van der Waals surface area (Å²) in [4.78, 5) is 13.9. The molecule has 1 aliphatic carbocycles. The third kappa shape index (κ3) is 3.89. The lowest BCUT2D eigenvalue weighted by atomic mass is 9.89. The summed E-state index contributed by atoms with van der Waals surface area (Å²) in [5.74, 6) is 3.63. The van der Waals surface area contributed by atoms with E-state index < -0.39 is 0 Å². The fourth-order valence-electron chi connectivity index (χ4n) is 4.37. The number of hydrogen-bond donors (Lipinski definition) is 1. The molecule has 1 aromatic carbocycles. The molecule has 0 bridgehead atoms. The van der Waals surface area contributed by atoms with Gasteiger partial charge in [-0.15, -0.1) is 11.3 Å². The van der Waals surface area contributed by atoms with Crippen LogP contribution < -0.4 is 14.4 Å². The molecule has 3 heterocycles. The van der Waals surface area contributed by atoms with Crippen molar-refractivity contribution in [2.75, 3.05) is 33.4 Å². The number of benzene rings is 1. The standard InChI is InChI=1S/C23H27N3O3S/c1-15-7-8-16-19(13-15)30-23-21(16)22(29-18-6-4-3-5-17(18)27-2)24-20(25-23)14-26-9-11-28-12-10-26/h3-6,15H,7-14H2,1-2H3/p+1/t15-/m0/s1. The van der Waals surface area contributed by atoms with Gasteiger partial charge in [-0.3, -0.25) is 0 Å². The highest BCUT2D eigenvalue weighted by molar-refractivity contribution is 7.18. The van der Waals surface area contributed by atoms with Crippen molar-refractivity contribution in [2.24, 2.45) is 5.92 Å². The van der Waals surface area contributed by atoms with E-state index in [1.165, 1.54) is 21.8 Å². The molecular formula is C23H28N3O3S+. The zero-order valence-corrected chi connectivity index (χ0v) is 18.4. The van der Waals surface area contributed by atoms with Crippen molar-refractivity contribution in [3.63, 3.8) is 0 Å². The third-order valence-electron chi connectivity index (χ3n) is 6.05. The first-order valence-electron chi connectivity index (χ1n) is 10.7. The number of rotatable bonds is 5. The maximum atomic E-state index is 6.39. The van der Waals surface area contributed by atoms with Gasteiger partial charge in [0.25, 0.3) is 0 Å². The number of thiophene rings is 1. The van der Waals surface area contributed by atoms with Crippen molar-refractivity contribution < 1.29 is 19.1 Å². The van der Waals surface area contributed by atoms with E-state index in [1.807, 2.05) is 35.6 Å². The minimum atomic E-state index is 0.666. The van der Waals surface area contributed by atoms with Gasteiger partial charge in [0.15, 0.2) is 17.3 Å². The molecule has 6 nitrogen and oxygen atoms in total. The number of quaternary nitrogens is 1. The molecule has 0 spiro atoms. The van der Waals surface area contributed by atoms with Crippen molar-refractivity contribution in [2.45, 2.75) is 32.7 Å². The Bertz CT molecular complexity index is 1050. The number of hydrogen-bond acceptors (Lipinski definition) is 6. The van der Waals surface area contributed by atoms with Crippen molar-refractivity contribution in [3.8, 4) is 17.4 Å². The number of morpholine rings is 1. The van der Waals surface area contributed by atoms with Gasteiger partial charge >= 0.3 is 0 Å². The van der Waals surface area contributed by atoms with Crippen LogP contribution in [-0.4, -0.2) is 43.4 Å². The van der Waals surface area contributed by atoms with Gasteiger partial charge in [-0.25, -0.2) is 4.98 Å². The Kier molecular flexibility index (Phi) is 5.58. The fraction of sp³-hybridized carbons (Fsp3) is 0.478. The molecule has 3 aromatic rings. The minimum Gasteiger partial charge on any atom is -0.493 e. The Morgan fingerprint density at radius 1 is 1.17 bits per heavy atom. The predicted molar refractivity (Wildman–Crippen MR) is 117 cm³/mol. The lowest BCUT2D eigenvalue weighted by molar-refractivity contribution is -0.922. The summed E-state index contributed by atoms with van der Waals surface area (Å²) in [6.45, 7) is 6.70. The number of nitrogens with zero attached hydrogens (tertiary/aromatic N) is 2. The molecule has 2 aromatic heterocycles. The molecule has 7 heteroatoms. The number of fused-ring (bicyclic) bond motifs is 3. The van der Waals surface area contributed by atoms with Crippen molar-refractivity contribution >= 4 is 21.6 Å². The number of aryl methyl sites for hydroxylation is 1. The third-order valence-corrected chi connectivity index (χ3v) is 7.20. The number of aromatic nitrogens is 2. The number of ether oxygens (including phenoxy) is 3. The average Bonchev–Trinajstić information content (AvgIpc) is 3.12. The summed E-state index contributed by atoms with van der Waals surface area (Å²) in [5.41, 5.74) is 1.38. The summed E-state index contributed by atoms with van der Waals surface area (Å²) in [7, 11) is 1.67. The summed E-state index contributed by atoms with van der Waals surface area (Å²) in [6, 6.07) is 7.75. The molecule has 0 radical (unpaired) electrons. The molecule has 30 heavy (non-hydrogen) atoms. The molecule has 1 saturated heterocycles. The Morgan fingerprint density at radius 3 is 2.77 bits per heavy atom. The molecule has 1 fully saturated rings. The molecular weight excluding hydrogens is 398 g/mol. The SMILES string of the molecule is COc1ccccc1Oc1nc(C[NH+]2CCOCC2)nc2sc3c(c12)CC[C@H](C)C3. The van der Waals surface area contributed by atoms with Crippen LogP contribution in [0.15, 0.2) is 24.3 Å². The largest absolute Gasteiger partial charge is 0.493 e. The zero-order chi connectivity index (χ0) is 20.5. The topological polar surface area (TPSA) is 57.9 Å². The van der Waals surface area contributed by atoms with Crippen LogP contribution in [0.1, 0.15) is 29.6 Å². The summed E-state index contributed by atoms with van der Waals surface area (Å²) < 4.78 is 17.4. The van der Waals surface area contributed by atoms with Gasteiger partial charge in [-0.05, 0) is 42.9 Å². The van der Waals surface area contributed by atoms with E-state index in [9.17, 15) is 0 Å². The molecule has 158 valence electrons. The van der Waals surface area contributed by atoms with E-state index in [4.69, 9.17) is 24.2 Å². The Labute approximate surface area is 180 Å². The van der Waals surface area contributed by atoms with Crippen molar-refractivity contribution in [3.05, 3.63) is 40.5 Å². The maximum absolute atomic E-state index is 6.39. The average molecular weight is 427 g/mol. The van der Waals surface area contributed by atoms with Crippen molar-refractivity contribution in [1.29, 1.82) is 0 Å². The molecule has 2 aliphatic rings. The Morgan fingerprint density at radius 2 is 1.97 bits per heavy atom. The van der Waals surface area contributed by atoms with Gasteiger partial charge in [-0.1, -0.05) is 19.1 Å². The minimum absolute atomic E-state index is 0.666. The normalized spacial score (nSPS) is 19.6. The van der Waals surface area contributed by atoms with E-state index in [1.54, 1.807) is 7.11 Å². The summed E-state index contributed by atoms with van der Waals surface area (Å²) in [6.07, 6.45) is 3.39. The monoisotopic (exact) mass is 426 g/mol. The van der Waals surface area contributed by atoms with Crippen LogP contribution in [0.25, 0.3) is 10.2 Å². The van der Waals surface area contributed by atoms with Gasteiger partial charge < -0.3 is 19.1 Å². The highest BCUT2D eigenvalue weighted by Crippen LogP contribution is 2.42. The molecule has 0 saturated carbocycles.